The summed E-state index contributed by atoms with van der Waals surface area (Å²) in [7, 11) is 1.55. The highest BCUT2D eigenvalue weighted by atomic mass is 16.5. The minimum Gasteiger partial charge on any atom is -0.495 e. The van der Waals surface area contributed by atoms with Crippen LogP contribution in [-0.4, -0.2) is 30.6 Å². The fourth-order valence-corrected chi connectivity index (χ4v) is 2.38. The maximum absolute atomic E-state index is 12.0. The van der Waals surface area contributed by atoms with E-state index >= 15 is 0 Å². The molecular formula is C15H19NO4. The van der Waals surface area contributed by atoms with Gasteiger partial charge in [-0.1, -0.05) is 19.9 Å². The van der Waals surface area contributed by atoms with E-state index in [0.717, 1.165) is 5.56 Å². The molecule has 5 nitrogen and oxygen atoms in total. The zero-order valence-corrected chi connectivity index (χ0v) is 11.9. The molecule has 20 heavy (non-hydrogen) atoms. The SMILES string of the molecule is COc1cc(C(C)C)ccc1N1CC(C(=O)O)CC1=O. The number of amides is 1. The number of carbonyl (C=O) groups is 2. The van der Waals surface area contributed by atoms with Gasteiger partial charge in [-0.25, -0.2) is 0 Å². The summed E-state index contributed by atoms with van der Waals surface area (Å²) in [5.74, 6) is -0.779. The van der Waals surface area contributed by atoms with Crippen molar-refractivity contribution in [3.63, 3.8) is 0 Å². The molecule has 1 unspecified atom stereocenters. The molecule has 0 bridgehead atoms. The second-order valence-electron chi connectivity index (χ2n) is 5.33. The summed E-state index contributed by atoms with van der Waals surface area (Å²) in [4.78, 5) is 24.5. The van der Waals surface area contributed by atoms with Gasteiger partial charge in [-0.3, -0.25) is 9.59 Å². The molecule has 0 spiro atoms. The highest BCUT2D eigenvalue weighted by Crippen LogP contribution is 2.35. The topological polar surface area (TPSA) is 66.8 Å². The number of carboxylic acids is 1. The molecule has 1 atom stereocenters. The Hall–Kier alpha value is -2.04. The second kappa shape index (κ2) is 5.53. The average molecular weight is 277 g/mol. The van der Waals surface area contributed by atoms with Gasteiger partial charge in [0.25, 0.3) is 0 Å². The summed E-state index contributed by atoms with van der Waals surface area (Å²) in [6.45, 7) is 4.36. The zero-order valence-electron chi connectivity index (χ0n) is 11.9. The van der Waals surface area contributed by atoms with Crippen molar-refractivity contribution in [2.75, 3.05) is 18.6 Å². The number of rotatable bonds is 4. The Morgan fingerprint density at radius 2 is 2.15 bits per heavy atom. The molecular weight excluding hydrogens is 258 g/mol. The first-order valence-electron chi connectivity index (χ1n) is 6.65. The van der Waals surface area contributed by atoms with Gasteiger partial charge in [-0.2, -0.15) is 0 Å². The van der Waals surface area contributed by atoms with E-state index in [0.29, 0.717) is 17.4 Å². The van der Waals surface area contributed by atoms with E-state index in [4.69, 9.17) is 9.84 Å². The molecule has 1 heterocycles. The van der Waals surface area contributed by atoms with E-state index in [9.17, 15) is 9.59 Å². The normalized spacial score (nSPS) is 18.7. The van der Waals surface area contributed by atoms with Gasteiger partial charge < -0.3 is 14.7 Å². The minimum absolute atomic E-state index is 0.0461. The van der Waals surface area contributed by atoms with E-state index in [1.807, 2.05) is 18.2 Å². The van der Waals surface area contributed by atoms with Gasteiger partial charge in [0.2, 0.25) is 5.91 Å². The Kier molecular flexibility index (Phi) is 3.97. The number of methoxy groups -OCH3 is 1. The Balaban J connectivity index is 2.33. The maximum Gasteiger partial charge on any atom is 0.308 e. The molecule has 1 aromatic rings. The Bertz CT molecular complexity index is 539. The number of anilines is 1. The van der Waals surface area contributed by atoms with Crippen LogP contribution in [0.2, 0.25) is 0 Å². The largest absolute Gasteiger partial charge is 0.495 e. The van der Waals surface area contributed by atoms with Crippen LogP contribution in [0.25, 0.3) is 0 Å². The molecule has 108 valence electrons. The number of nitrogens with zero attached hydrogens (tertiary/aromatic N) is 1. The second-order valence-corrected chi connectivity index (χ2v) is 5.33. The number of hydrogen-bond donors (Lipinski definition) is 1. The molecule has 1 fully saturated rings. The molecule has 2 rings (SSSR count). The fourth-order valence-electron chi connectivity index (χ4n) is 2.38. The van der Waals surface area contributed by atoms with Gasteiger partial charge in [0.1, 0.15) is 5.75 Å². The Morgan fingerprint density at radius 3 is 2.65 bits per heavy atom. The van der Waals surface area contributed by atoms with Crippen molar-refractivity contribution in [2.24, 2.45) is 5.92 Å². The van der Waals surface area contributed by atoms with E-state index in [1.54, 1.807) is 7.11 Å². The number of aliphatic carboxylic acids is 1. The van der Waals surface area contributed by atoms with Crippen molar-refractivity contribution >= 4 is 17.6 Å². The highest BCUT2D eigenvalue weighted by molar-refractivity contribution is 6.00. The predicted octanol–water partition coefficient (Wildman–Crippen LogP) is 2.26. The van der Waals surface area contributed by atoms with Crippen LogP contribution in [0.3, 0.4) is 0 Å². The van der Waals surface area contributed by atoms with Crippen molar-refractivity contribution in [2.45, 2.75) is 26.2 Å². The van der Waals surface area contributed by atoms with Crippen molar-refractivity contribution in [1.82, 2.24) is 0 Å². The Morgan fingerprint density at radius 1 is 1.45 bits per heavy atom. The van der Waals surface area contributed by atoms with Crippen LogP contribution in [-0.2, 0) is 9.59 Å². The molecule has 1 amide bonds. The summed E-state index contributed by atoms with van der Waals surface area (Å²) in [6, 6.07) is 5.68. The molecule has 1 N–H and O–H groups in total. The third-order valence-corrected chi connectivity index (χ3v) is 3.64. The summed E-state index contributed by atoms with van der Waals surface area (Å²) in [5.41, 5.74) is 1.76. The molecule has 1 aliphatic heterocycles. The highest BCUT2D eigenvalue weighted by Gasteiger charge is 2.36. The first-order chi connectivity index (χ1) is 9.43. The smallest absolute Gasteiger partial charge is 0.308 e. The van der Waals surface area contributed by atoms with Gasteiger partial charge in [0.15, 0.2) is 0 Å². The lowest BCUT2D eigenvalue weighted by Gasteiger charge is -2.20. The van der Waals surface area contributed by atoms with E-state index in [2.05, 4.69) is 13.8 Å². The summed E-state index contributed by atoms with van der Waals surface area (Å²) in [6.07, 6.45) is 0.0461. The quantitative estimate of drug-likeness (QED) is 0.916. The van der Waals surface area contributed by atoms with Crippen molar-refractivity contribution in [1.29, 1.82) is 0 Å². The molecule has 0 saturated carbocycles. The molecule has 0 aliphatic carbocycles. The Labute approximate surface area is 118 Å². The lowest BCUT2D eigenvalue weighted by atomic mass is 10.0. The summed E-state index contributed by atoms with van der Waals surface area (Å²) in [5, 5.41) is 9.03. The molecule has 1 aromatic carbocycles. The van der Waals surface area contributed by atoms with Crippen molar-refractivity contribution < 1.29 is 19.4 Å². The zero-order chi connectivity index (χ0) is 14.9. The van der Waals surface area contributed by atoms with Crippen LogP contribution in [0.5, 0.6) is 5.75 Å². The summed E-state index contributed by atoms with van der Waals surface area (Å²) < 4.78 is 5.35. The van der Waals surface area contributed by atoms with Crippen molar-refractivity contribution in [3.8, 4) is 5.75 Å². The minimum atomic E-state index is -0.932. The third kappa shape index (κ3) is 2.61. The average Bonchev–Trinajstić information content (AvgIpc) is 2.80. The fraction of sp³-hybridized carbons (Fsp3) is 0.467. The van der Waals surface area contributed by atoms with Gasteiger partial charge in [0.05, 0.1) is 18.7 Å². The monoisotopic (exact) mass is 277 g/mol. The maximum atomic E-state index is 12.0. The number of hydrogen-bond acceptors (Lipinski definition) is 3. The lowest BCUT2D eigenvalue weighted by Crippen LogP contribution is -2.26. The number of carboxylic acid groups (broad SMARTS) is 1. The molecule has 1 saturated heterocycles. The lowest BCUT2D eigenvalue weighted by molar-refractivity contribution is -0.141. The van der Waals surface area contributed by atoms with Gasteiger partial charge in [-0.15, -0.1) is 0 Å². The molecule has 0 radical (unpaired) electrons. The van der Waals surface area contributed by atoms with Crippen LogP contribution in [0.4, 0.5) is 5.69 Å². The van der Waals surface area contributed by atoms with Crippen LogP contribution in [0, 0.1) is 5.92 Å². The number of ether oxygens (including phenoxy) is 1. The molecule has 5 heteroatoms. The predicted molar refractivity (Wildman–Crippen MR) is 75.2 cm³/mol. The summed E-state index contributed by atoms with van der Waals surface area (Å²) >= 11 is 0. The first kappa shape index (κ1) is 14.4. The third-order valence-electron chi connectivity index (χ3n) is 3.64. The van der Waals surface area contributed by atoms with E-state index in [-0.39, 0.29) is 18.9 Å². The van der Waals surface area contributed by atoms with Crippen LogP contribution in [0.15, 0.2) is 18.2 Å². The van der Waals surface area contributed by atoms with E-state index in [1.165, 1.54) is 4.90 Å². The number of benzene rings is 1. The standard InChI is InChI=1S/C15H19NO4/c1-9(2)10-4-5-12(13(6-10)20-3)16-8-11(15(18)19)7-14(16)17/h4-6,9,11H,7-8H2,1-3H3,(H,18,19). The van der Waals surface area contributed by atoms with Crippen LogP contribution >= 0.6 is 0 Å². The first-order valence-corrected chi connectivity index (χ1v) is 6.65. The van der Waals surface area contributed by atoms with E-state index < -0.39 is 11.9 Å². The number of carbonyl (C=O) groups excluding carboxylic acids is 1. The van der Waals surface area contributed by atoms with Crippen molar-refractivity contribution in [3.05, 3.63) is 23.8 Å². The van der Waals surface area contributed by atoms with Gasteiger partial charge in [0, 0.05) is 13.0 Å². The van der Waals surface area contributed by atoms with Crippen LogP contribution in [0.1, 0.15) is 31.7 Å². The van der Waals surface area contributed by atoms with Gasteiger partial charge in [-0.05, 0) is 23.6 Å². The molecule has 0 aromatic heterocycles. The van der Waals surface area contributed by atoms with Crippen LogP contribution < -0.4 is 9.64 Å². The van der Waals surface area contributed by atoms with Gasteiger partial charge >= 0.3 is 5.97 Å². The molecule has 1 aliphatic rings.